The van der Waals surface area contributed by atoms with Crippen molar-refractivity contribution in [1.29, 1.82) is 0 Å². The molecular weight excluding hydrogens is 239 g/mol. The van der Waals surface area contributed by atoms with E-state index in [2.05, 4.69) is 4.74 Å². The van der Waals surface area contributed by atoms with Crippen LogP contribution < -0.4 is 0 Å². The minimum atomic E-state index is -4.30. The fraction of sp³-hybridized carbons (Fsp3) is 0.900. The van der Waals surface area contributed by atoms with Gasteiger partial charge in [-0.3, -0.25) is 9.69 Å². The van der Waals surface area contributed by atoms with Gasteiger partial charge < -0.3 is 9.84 Å². The van der Waals surface area contributed by atoms with Crippen LogP contribution in [-0.4, -0.2) is 55.0 Å². The highest BCUT2D eigenvalue weighted by Gasteiger charge is 2.34. The number of rotatable bonds is 5. The Morgan fingerprint density at radius 2 is 2.12 bits per heavy atom. The van der Waals surface area contributed by atoms with Crippen LogP contribution in [-0.2, 0) is 9.53 Å². The summed E-state index contributed by atoms with van der Waals surface area (Å²) in [4.78, 5) is 12.6. The Bertz CT molecular complexity index is 270. The van der Waals surface area contributed by atoms with E-state index in [0.29, 0.717) is 19.6 Å². The molecule has 0 saturated carbocycles. The van der Waals surface area contributed by atoms with Gasteiger partial charge in [-0.15, -0.1) is 0 Å². The second-order valence-corrected chi connectivity index (χ2v) is 4.35. The first-order valence-electron chi connectivity index (χ1n) is 5.39. The normalized spacial score (nSPS) is 26.4. The predicted molar refractivity (Wildman–Crippen MR) is 53.6 cm³/mol. The van der Waals surface area contributed by atoms with Crippen molar-refractivity contribution >= 4 is 5.97 Å². The number of aliphatic carboxylic acids is 1. The SMILES string of the molecule is C[C@@H]1CN(CCOCC(F)(F)F)C[C@H]1C(=O)O. The van der Waals surface area contributed by atoms with E-state index in [-0.39, 0.29) is 12.5 Å². The van der Waals surface area contributed by atoms with Gasteiger partial charge in [0.1, 0.15) is 6.61 Å². The van der Waals surface area contributed by atoms with Crippen LogP contribution in [0, 0.1) is 11.8 Å². The van der Waals surface area contributed by atoms with Gasteiger partial charge in [-0.1, -0.05) is 6.92 Å². The molecule has 0 unspecified atom stereocenters. The zero-order chi connectivity index (χ0) is 13.1. The molecule has 1 aliphatic heterocycles. The summed E-state index contributed by atoms with van der Waals surface area (Å²) in [6.07, 6.45) is -4.30. The highest BCUT2D eigenvalue weighted by molar-refractivity contribution is 5.71. The van der Waals surface area contributed by atoms with Gasteiger partial charge in [-0.25, -0.2) is 0 Å². The number of carboxylic acids is 1. The van der Waals surface area contributed by atoms with Gasteiger partial charge in [0.25, 0.3) is 0 Å². The summed E-state index contributed by atoms with van der Waals surface area (Å²) in [7, 11) is 0. The average Bonchev–Trinajstić information content (AvgIpc) is 2.53. The van der Waals surface area contributed by atoms with Crippen molar-refractivity contribution in [2.45, 2.75) is 13.1 Å². The molecule has 1 heterocycles. The number of hydrogen-bond donors (Lipinski definition) is 1. The van der Waals surface area contributed by atoms with E-state index in [1.54, 1.807) is 0 Å². The van der Waals surface area contributed by atoms with Crippen LogP contribution in [0.25, 0.3) is 0 Å². The van der Waals surface area contributed by atoms with Gasteiger partial charge in [0.15, 0.2) is 0 Å². The van der Waals surface area contributed by atoms with E-state index >= 15 is 0 Å². The molecule has 1 aliphatic rings. The second kappa shape index (κ2) is 5.68. The highest BCUT2D eigenvalue weighted by Crippen LogP contribution is 2.22. The smallest absolute Gasteiger partial charge is 0.411 e. The summed E-state index contributed by atoms with van der Waals surface area (Å²) < 4.78 is 39.8. The standard InChI is InChI=1S/C10H16F3NO3/c1-7-4-14(5-8(7)9(15)16)2-3-17-6-10(11,12)13/h7-8H,2-6H2,1H3,(H,15,16)/t7-,8-/m1/s1. The lowest BCUT2D eigenvalue weighted by molar-refractivity contribution is -0.174. The molecule has 7 heteroatoms. The van der Waals surface area contributed by atoms with Crippen LogP contribution in [0.4, 0.5) is 13.2 Å². The predicted octanol–water partition coefficient (Wildman–Crippen LogP) is 1.22. The molecule has 1 fully saturated rings. The molecule has 0 aromatic heterocycles. The van der Waals surface area contributed by atoms with Gasteiger partial charge in [-0.2, -0.15) is 13.2 Å². The van der Waals surface area contributed by atoms with Crippen molar-refractivity contribution in [3.05, 3.63) is 0 Å². The number of carboxylic acid groups (broad SMARTS) is 1. The summed E-state index contributed by atoms with van der Waals surface area (Å²) in [5.41, 5.74) is 0. The average molecular weight is 255 g/mol. The monoisotopic (exact) mass is 255 g/mol. The molecule has 0 bridgehead atoms. The molecule has 0 aromatic carbocycles. The zero-order valence-electron chi connectivity index (χ0n) is 9.54. The van der Waals surface area contributed by atoms with Crippen molar-refractivity contribution in [1.82, 2.24) is 4.90 Å². The Labute approximate surface area is 97.3 Å². The van der Waals surface area contributed by atoms with Crippen LogP contribution in [0.3, 0.4) is 0 Å². The molecule has 1 saturated heterocycles. The summed E-state index contributed by atoms with van der Waals surface area (Å²) >= 11 is 0. The van der Waals surface area contributed by atoms with Crippen molar-refractivity contribution < 1.29 is 27.8 Å². The van der Waals surface area contributed by atoms with Crippen molar-refractivity contribution in [3.63, 3.8) is 0 Å². The zero-order valence-corrected chi connectivity index (χ0v) is 9.54. The maximum atomic E-state index is 11.8. The number of hydrogen-bond acceptors (Lipinski definition) is 3. The van der Waals surface area contributed by atoms with Crippen LogP contribution in [0.1, 0.15) is 6.92 Å². The Hall–Kier alpha value is -0.820. The Balaban J connectivity index is 2.20. The van der Waals surface area contributed by atoms with Gasteiger partial charge in [-0.05, 0) is 5.92 Å². The third-order valence-corrected chi connectivity index (χ3v) is 2.82. The maximum absolute atomic E-state index is 11.8. The molecule has 0 amide bonds. The van der Waals surface area contributed by atoms with Crippen LogP contribution >= 0.6 is 0 Å². The van der Waals surface area contributed by atoms with Gasteiger partial charge in [0.05, 0.1) is 12.5 Å². The van der Waals surface area contributed by atoms with Crippen LogP contribution in [0.2, 0.25) is 0 Å². The molecule has 1 N–H and O–H groups in total. The van der Waals surface area contributed by atoms with E-state index in [9.17, 15) is 18.0 Å². The van der Waals surface area contributed by atoms with E-state index < -0.39 is 24.7 Å². The largest absolute Gasteiger partial charge is 0.481 e. The van der Waals surface area contributed by atoms with Crippen molar-refractivity contribution in [3.8, 4) is 0 Å². The third-order valence-electron chi connectivity index (χ3n) is 2.82. The molecule has 0 spiro atoms. The van der Waals surface area contributed by atoms with E-state index in [4.69, 9.17) is 5.11 Å². The van der Waals surface area contributed by atoms with Crippen LogP contribution in [0.15, 0.2) is 0 Å². The number of nitrogens with zero attached hydrogens (tertiary/aromatic N) is 1. The lowest BCUT2D eigenvalue weighted by atomic mass is 9.99. The van der Waals surface area contributed by atoms with Crippen molar-refractivity contribution in [2.75, 3.05) is 32.8 Å². The molecule has 4 nitrogen and oxygen atoms in total. The Morgan fingerprint density at radius 1 is 1.47 bits per heavy atom. The first-order chi connectivity index (χ1) is 7.79. The van der Waals surface area contributed by atoms with E-state index in [1.807, 2.05) is 11.8 Å². The summed E-state index contributed by atoms with van der Waals surface area (Å²) in [5.74, 6) is -1.26. The molecule has 17 heavy (non-hydrogen) atoms. The van der Waals surface area contributed by atoms with E-state index in [1.165, 1.54) is 0 Å². The fourth-order valence-corrected chi connectivity index (χ4v) is 1.95. The molecule has 2 atom stereocenters. The molecule has 1 rings (SSSR count). The molecule has 0 aromatic rings. The third kappa shape index (κ3) is 4.91. The topological polar surface area (TPSA) is 49.8 Å². The minimum absolute atomic E-state index is 0.0233. The van der Waals surface area contributed by atoms with Gasteiger partial charge >= 0.3 is 12.1 Å². The highest BCUT2D eigenvalue weighted by atomic mass is 19.4. The molecular formula is C10H16F3NO3. The number of likely N-dealkylation sites (tertiary alicyclic amines) is 1. The first-order valence-corrected chi connectivity index (χ1v) is 5.39. The number of halogens is 3. The quantitative estimate of drug-likeness (QED) is 0.750. The summed E-state index contributed by atoms with van der Waals surface area (Å²) in [5, 5.41) is 8.87. The van der Waals surface area contributed by atoms with Gasteiger partial charge in [0.2, 0.25) is 0 Å². The number of alkyl halides is 3. The lowest BCUT2D eigenvalue weighted by Gasteiger charge is -2.15. The molecule has 0 radical (unpaired) electrons. The lowest BCUT2D eigenvalue weighted by Crippen LogP contribution is -2.28. The summed E-state index contributed by atoms with van der Waals surface area (Å²) in [6, 6.07) is 0. The van der Waals surface area contributed by atoms with E-state index in [0.717, 1.165) is 0 Å². The molecule has 100 valence electrons. The van der Waals surface area contributed by atoms with Gasteiger partial charge in [0, 0.05) is 19.6 Å². The minimum Gasteiger partial charge on any atom is -0.481 e. The van der Waals surface area contributed by atoms with Crippen LogP contribution in [0.5, 0.6) is 0 Å². The number of carbonyl (C=O) groups is 1. The maximum Gasteiger partial charge on any atom is 0.411 e. The second-order valence-electron chi connectivity index (χ2n) is 4.35. The summed E-state index contributed by atoms with van der Waals surface area (Å²) in [6.45, 7) is 1.86. The van der Waals surface area contributed by atoms with Crippen molar-refractivity contribution in [2.24, 2.45) is 11.8 Å². The Morgan fingerprint density at radius 3 is 2.59 bits per heavy atom. The number of ether oxygens (including phenoxy) is 1. The fourth-order valence-electron chi connectivity index (χ4n) is 1.95. The Kier molecular flexibility index (Phi) is 4.76. The molecule has 0 aliphatic carbocycles. The first kappa shape index (κ1) is 14.2.